The first-order valence-electron chi connectivity index (χ1n) is 6.92. The van der Waals surface area contributed by atoms with Crippen LogP contribution in [0.3, 0.4) is 0 Å². The lowest BCUT2D eigenvalue weighted by Crippen LogP contribution is -2.28. The fourth-order valence-electron chi connectivity index (χ4n) is 2.58. The van der Waals surface area contributed by atoms with Crippen molar-refractivity contribution in [2.75, 3.05) is 13.1 Å². The number of nitrogens with zero attached hydrogens (tertiary/aromatic N) is 2. The molecule has 2 aliphatic rings. The van der Waals surface area contributed by atoms with Crippen LogP contribution in [0.2, 0.25) is 0 Å². The molecule has 2 heterocycles. The fourth-order valence-corrected chi connectivity index (χ4v) is 3.34. The number of aromatic nitrogens is 1. The molecule has 0 spiro atoms. The Bertz CT molecular complexity index is 550. The number of aryl methyl sites for hydroxylation is 1. The van der Waals surface area contributed by atoms with Crippen LogP contribution in [-0.2, 0) is 11.2 Å². The van der Waals surface area contributed by atoms with Crippen LogP contribution in [0.25, 0.3) is 5.57 Å². The topological polar surface area (TPSA) is 33.2 Å². The number of allylic oxidation sites excluding steroid dienone is 3. The molecule has 0 saturated carbocycles. The van der Waals surface area contributed by atoms with E-state index in [9.17, 15) is 4.79 Å². The molecule has 19 heavy (non-hydrogen) atoms. The molecular weight excluding hydrogens is 256 g/mol. The SMILES string of the molecule is CCc1nc(C2=CCC(C(=O)N3CCCC3)=C2)cs1. The van der Waals surface area contributed by atoms with Gasteiger partial charge < -0.3 is 4.90 Å². The molecule has 1 fully saturated rings. The van der Waals surface area contributed by atoms with Crippen molar-refractivity contribution in [2.24, 2.45) is 0 Å². The predicted octanol–water partition coefficient (Wildman–Crippen LogP) is 3.04. The minimum atomic E-state index is 0.217. The van der Waals surface area contributed by atoms with Gasteiger partial charge in [-0.3, -0.25) is 4.79 Å². The number of carbonyl (C=O) groups excluding carboxylic acids is 1. The number of hydrogen-bond donors (Lipinski definition) is 0. The summed E-state index contributed by atoms with van der Waals surface area (Å²) in [5.74, 6) is 0.217. The maximum atomic E-state index is 12.3. The molecule has 3 rings (SSSR count). The van der Waals surface area contributed by atoms with E-state index >= 15 is 0 Å². The first-order chi connectivity index (χ1) is 9.28. The third-order valence-corrected chi connectivity index (χ3v) is 4.68. The summed E-state index contributed by atoms with van der Waals surface area (Å²) in [4.78, 5) is 18.8. The van der Waals surface area contributed by atoms with Gasteiger partial charge in [0.05, 0.1) is 10.7 Å². The van der Waals surface area contributed by atoms with Crippen molar-refractivity contribution in [3.8, 4) is 0 Å². The Kier molecular flexibility index (Phi) is 3.51. The van der Waals surface area contributed by atoms with Gasteiger partial charge in [0, 0.05) is 24.0 Å². The minimum absolute atomic E-state index is 0.217. The molecule has 0 N–H and O–H groups in total. The molecule has 0 aromatic carbocycles. The normalized spacial score (nSPS) is 18.7. The van der Waals surface area contributed by atoms with Gasteiger partial charge in [0.2, 0.25) is 5.91 Å². The monoisotopic (exact) mass is 274 g/mol. The molecule has 0 atom stereocenters. The Morgan fingerprint density at radius 2 is 2.21 bits per heavy atom. The Hall–Kier alpha value is -1.42. The third kappa shape index (κ3) is 2.50. The summed E-state index contributed by atoms with van der Waals surface area (Å²) in [7, 11) is 0. The summed E-state index contributed by atoms with van der Waals surface area (Å²) in [6.07, 6.45) is 8.16. The second-order valence-corrected chi connectivity index (χ2v) is 5.96. The van der Waals surface area contributed by atoms with Crippen molar-refractivity contribution in [2.45, 2.75) is 32.6 Å². The van der Waals surface area contributed by atoms with Crippen LogP contribution < -0.4 is 0 Å². The van der Waals surface area contributed by atoms with E-state index in [1.807, 2.05) is 11.0 Å². The van der Waals surface area contributed by atoms with E-state index in [1.165, 1.54) is 0 Å². The zero-order chi connectivity index (χ0) is 13.2. The summed E-state index contributed by atoms with van der Waals surface area (Å²) in [6.45, 7) is 3.95. The van der Waals surface area contributed by atoms with Crippen molar-refractivity contribution in [1.29, 1.82) is 0 Å². The van der Waals surface area contributed by atoms with Crippen LogP contribution in [0.15, 0.2) is 23.1 Å². The number of hydrogen-bond acceptors (Lipinski definition) is 3. The molecule has 0 bridgehead atoms. The lowest BCUT2D eigenvalue weighted by Gasteiger charge is -2.15. The average Bonchev–Trinajstić information content (AvgIpc) is 3.17. The summed E-state index contributed by atoms with van der Waals surface area (Å²) >= 11 is 1.69. The van der Waals surface area contributed by atoms with Crippen molar-refractivity contribution in [1.82, 2.24) is 9.88 Å². The first kappa shape index (κ1) is 12.6. The number of amides is 1. The molecule has 1 aromatic heterocycles. The van der Waals surface area contributed by atoms with E-state index in [0.29, 0.717) is 0 Å². The lowest BCUT2D eigenvalue weighted by atomic mass is 10.2. The molecule has 3 nitrogen and oxygen atoms in total. The maximum Gasteiger partial charge on any atom is 0.250 e. The highest BCUT2D eigenvalue weighted by Crippen LogP contribution is 2.29. The van der Waals surface area contributed by atoms with Gasteiger partial charge in [0.25, 0.3) is 0 Å². The largest absolute Gasteiger partial charge is 0.339 e. The second kappa shape index (κ2) is 5.29. The van der Waals surface area contributed by atoms with Crippen LogP contribution in [-0.4, -0.2) is 28.9 Å². The number of likely N-dealkylation sites (tertiary alicyclic amines) is 1. The zero-order valence-electron chi connectivity index (χ0n) is 11.2. The molecule has 1 saturated heterocycles. The summed E-state index contributed by atoms with van der Waals surface area (Å²) in [5.41, 5.74) is 3.05. The van der Waals surface area contributed by atoms with E-state index < -0.39 is 0 Å². The second-order valence-electron chi connectivity index (χ2n) is 5.01. The lowest BCUT2D eigenvalue weighted by molar-refractivity contribution is -0.126. The van der Waals surface area contributed by atoms with Crippen molar-refractivity contribution < 1.29 is 4.79 Å². The summed E-state index contributed by atoms with van der Waals surface area (Å²) < 4.78 is 0. The molecular formula is C15H18N2OS. The van der Waals surface area contributed by atoms with Gasteiger partial charge in [0.15, 0.2) is 0 Å². The highest BCUT2D eigenvalue weighted by atomic mass is 32.1. The zero-order valence-corrected chi connectivity index (χ0v) is 12.0. The van der Waals surface area contributed by atoms with Crippen LogP contribution in [0, 0.1) is 0 Å². The first-order valence-corrected chi connectivity index (χ1v) is 7.80. The number of carbonyl (C=O) groups is 1. The Balaban J connectivity index is 1.74. The standard InChI is InChI=1S/C15H18N2OS/c1-2-14-16-13(10-19-14)11-5-6-12(9-11)15(18)17-7-3-4-8-17/h5,9-10H,2-4,6-8H2,1H3. The van der Waals surface area contributed by atoms with Gasteiger partial charge >= 0.3 is 0 Å². The van der Waals surface area contributed by atoms with E-state index in [1.54, 1.807) is 11.3 Å². The molecule has 1 amide bonds. The van der Waals surface area contributed by atoms with Gasteiger partial charge in [-0.1, -0.05) is 13.0 Å². The highest BCUT2D eigenvalue weighted by molar-refractivity contribution is 7.09. The van der Waals surface area contributed by atoms with Crippen molar-refractivity contribution in [3.05, 3.63) is 33.8 Å². The van der Waals surface area contributed by atoms with E-state index in [2.05, 4.69) is 23.4 Å². The molecule has 0 unspecified atom stereocenters. The molecule has 0 radical (unpaired) electrons. The third-order valence-electron chi connectivity index (χ3n) is 3.69. The van der Waals surface area contributed by atoms with Crippen LogP contribution in [0.4, 0.5) is 0 Å². The van der Waals surface area contributed by atoms with Crippen molar-refractivity contribution >= 4 is 22.8 Å². The van der Waals surface area contributed by atoms with Gasteiger partial charge in [-0.05, 0) is 37.3 Å². The van der Waals surface area contributed by atoms with Crippen molar-refractivity contribution in [3.63, 3.8) is 0 Å². The Morgan fingerprint density at radius 1 is 1.42 bits per heavy atom. The van der Waals surface area contributed by atoms with E-state index in [4.69, 9.17) is 0 Å². The summed E-state index contributed by atoms with van der Waals surface area (Å²) in [6, 6.07) is 0. The molecule has 1 aliphatic carbocycles. The quantitative estimate of drug-likeness (QED) is 0.849. The summed E-state index contributed by atoms with van der Waals surface area (Å²) in [5, 5.41) is 3.24. The van der Waals surface area contributed by atoms with Crippen LogP contribution in [0.5, 0.6) is 0 Å². The number of thiazole rings is 1. The maximum absolute atomic E-state index is 12.3. The van der Waals surface area contributed by atoms with Gasteiger partial charge in [-0.2, -0.15) is 0 Å². The Labute approximate surface area is 117 Å². The predicted molar refractivity (Wildman–Crippen MR) is 78.0 cm³/mol. The van der Waals surface area contributed by atoms with Crippen LogP contribution in [0.1, 0.15) is 36.9 Å². The minimum Gasteiger partial charge on any atom is -0.339 e. The average molecular weight is 274 g/mol. The van der Waals surface area contributed by atoms with Crippen LogP contribution >= 0.6 is 11.3 Å². The fraction of sp³-hybridized carbons (Fsp3) is 0.467. The smallest absolute Gasteiger partial charge is 0.250 e. The Morgan fingerprint density at radius 3 is 2.89 bits per heavy atom. The highest BCUT2D eigenvalue weighted by Gasteiger charge is 2.23. The molecule has 100 valence electrons. The molecule has 4 heteroatoms. The molecule has 1 aromatic rings. The van der Waals surface area contributed by atoms with Gasteiger partial charge in [-0.15, -0.1) is 11.3 Å². The number of rotatable bonds is 3. The van der Waals surface area contributed by atoms with Gasteiger partial charge in [-0.25, -0.2) is 4.98 Å². The van der Waals surface area contributed by atoms with E-state index in [-0.39, 0.29) is 5.91 Å². The van der Waals surface area contributed by atoms with Gasteiger partial charge in [0.1, 0.15) is 0 Å². The van der Waals surface area contributed by atoms with E-state index in [0.717, 1.165) is 60.6 Å². The molecule has 1 aliphatic heterocycles.